The van der Waals surface area contributed by atoms with E-state index >= 15 is 0 Å². The third kappa shape index (κ3) is 4.96. The molecule has 1 aromatic carbocycles. The monoisotopic (exact) mass is 375 g/mol. The summed E-state index contributed by atoms with van der Waals surface area (Å²) < 4.78 is 0. The Hall–Kier alpha value is -2.26. The van der Waals surface area contributed by atoms with E-state index in [-0.39, 0.29) is 0 Å². The third-order valence-electron chi connectivity index (χ3n) is 6.05. The predicted octanol–water partition coefficient (Wildman–Crippen LogP) is 2.74. The maximum Gasteiger partial charge on any atom is 0.0991 e. The molecule has 5 heteroatoms. The van der Waals surface area contributed by atoms with Crippen LogP contribution in [-0.2, 0) is 13.1 Å². The van der Waals surface area contributed by atoms with Crippen molar-refractivity contribution in [2.24, 2.45) is 0 Å². The molecule has 2 saturated heterocycles. The highest BCUT2D eigenvalue weighted by molar-refractivity contribution is 5.32. The van der Waals surface area contributed by atoms with E-state index < -0.39 is 0 Å². The molecule has 5 nitrogen and oxygen atoms in total. The van der Waals surface area contributed by atoms with Crippen LogP contribution in [0.25, 0.3) is 0 Å². The summed E-state index contributed by atoms with van der Waals surface area (Å²) in [5.74, 6) is 0. The van der Waals surface area contributed by atoms with Crippen molar-refractivity contribution in [1.82, 2.24) is 19.7 Å². The van der Waals surface area contributed by atoms with Crippen LogP contribution in [0.5, 0.6) is 0 Å². The number of hydrogen-bond donors (Lipinski definition) is 0. The van der Waals surface area contributed by atoms with E-state index in [1.807, 2.05) is 30.5 Å². The van der Waals surface area contributed by atoms with Crippen LogP contribution >= 0.6 is 0 Å². The van der Waals surface area contributed by atoms with Crippen LogP contribution in [0.4, 0.5) is 0 Å². The Morgan fingerprint density at radius 2 is 1.68 bits per heavy atom. The first-order valence-electron chi connectivity index (χ1n) is 10.4. The molecule has 0 bridgehead atoms. The Bertz CT molecular complexity index is 784. The van der Waals surface area contributed by atoms with Gasteiger partial charge < -0.3 is 0 Å². The molecular formula is C23H29N5. The van der Waals surface area contributed by atoms with E-state index in [0.717, 1.165) is 50.9 Å². The van der Waals surface area contributed by atoms with Crippen molar-refractivity contribution < 1.29 is 0 Å². The van der Waals surface area contributed by atoms with E-state index in [2.05, 4.69) is 44.0 Å². The van der Waals surface area contributed by atoms with E-state index in [0.29, 0.717) is 0 Å². The lowest BCUT2D eigenvalue weighted by molar-refractivity contribution is 0.0546. The molecule has 3 heterocycles. The molecule has 1 aromatic heterocycles. The zero-order valence-electron chi connectivity index (χ0n) is 16.5. The van der Waals surface area contributed by atoms with Crippen molar-refractivity contribution in [2.75, 3.05) is 39.3 Å². The van der Waals surface area contributed by atoms with Gasteiger partial charge in [-0.2, -0.15) is 5.26 Å². The zero-order chi connectivity index (χ0) is 19.2. The van der Waals surface area contributed by atoms with Crippen LogP contribution < -0.4 is 0 Å². The van der Waals surface area contributed by atoms with Gasteiger partial charge in [-0.05, 0) is 55.8 Å². The molecule has 2 fully saturated rings. The minimum absolute atomic E-state index is 0.721. The van der Waals surface area contributed by atoms with Crippen molar-refractivity contribution >= 4 is 0 Å². The molecule has 28 heavy (non-hydrogen) atoms. The Balaban J connectivity index is 1.21. The van der Waals surface area contributed by atoms with Gasteiger partial charge in [0, 0.05) is 51.5 Å². The van der Waals surface area contributed by atoms with Gasteiger partial charge in [0.1, 0.15) is 0 Å². The molecule has 2 aliphatic heterocycles. The summed E-state index contributed by atoms with van der Waals surface area (Å²) in [5.41, 5.74) is 3.18. The largest absolute Gasteiger partial charge is 0.299 e. The minimum Gasteiger partial charge on any atom is -0.299 e. The highest BCUT2D eigenvalue weighted by atomic mass is 15.3. The molecule has 4 rings (SSSR count). The number of hydrogen-bond acceptors (Lipinski definition) is 5. The van der Waals surface area contributed by atoms with Gasteiger partial charge in [-0.25, -0.2) is 0 Å². The van der Waals surface area contributed by atoms with Crippen LogP contribution in [0.2, 0.25) is 0 Å². The van der Waals surface area contributed by atoms with Gasteiger partial charge in [-0.3, -0.25) is 19.7 Å². The number of likely N-dealkylation sites (tertiary alicyclic amines) is 1. The SMILES string of the molecule is N#Cc1cccc(CN2CCC(N3CCN(Cc4ccccn4)CC3)CC2)c1. The summed E-state index contributed by atoms with van der Waals surface area (Å²) in [6, 6.07) is 17.2. The average molecular weight is 376 g/mol. The molecule has 0 unspecified atom stereocenters. The summed E-state index contributed by atoms with van der Waals surface area (Å²) in [6.07, 6.45) is 4.38. The number of rotatable bonds is 5. The quantitative estimate of drug-likeness (QED) is 0.804. The zero-order valence-corrected chi connectivity index (χ0v) is 16.5. The van der Waals surface area contributed by atoms with Crippen molar-refractivity contribution in [2.45, 2.75) is 32.0 Å². The summed E-state index contributed by atoms with van der Waals surface area (Å²) >= 11 is 0. The summed E-state index contributed by atoms with van der Waals surface area (Å²) in [6.45, 7) is 8.83. The van der Waals surface area contributed by atoms with E-state index in [4.69, 9.17) is 5.26 Å². The van der Waals surface area contributed by atoms with E-state index in [1.165, 1.54) is 37.2 Å². The molecule has 0 spiro atoms. The third-order valence-corrected chi connectivity index (χ3v) is 6.05. The number of nitrogens with zero attached hydrogens (tertiary/aromatic N) is 5. The molecular weight excluding hydrogens is 346 g/mol. The summed E-state index contributed by atoms with van der Waals surface area (Å²) in [5, 5.41) is 9.07. The number of benzene rings is 1. The van der Waals surface area contributed by atoms with Gasteiger partial charge in [-0.1, -0.05) is 18.2 Å². The van der Waals surface area contributed by atoms with Gasteiger partial charge >= 0.3 is 0 Å². The van der Waals surface area contributed by atoms with Crippen LogP contribution in [0.3, 0.4) is 0 Å². The second-order valence-corrected chi connectivity index (χ2v) is 7.95. The van der Waals surface area contributed by atoms with Gasteiger partial charge in [0.25, 0.3) is 0 Å². The van der Waals surface area contributed by atoms with Crippen molar-refractivity contribution in [3.05, 3.63) is 65.5 Å². The van der Waals surface area contributed by atoms with Gasteiger partial charge in [-0.15, -0.1) is 0 Å². The second kappa shape index (κ2) is 9.29. The molecule has 0 aliphatic carbocycles. The molecule has 0 atom stereocenters. The molecule has 0 radical (unpaired) electrons. The predicted molar refractivity (Wildman–Crippen MR) is 111 cm³/mol. The first-order valence-corrected chi connectivity index (χ1v) is 10.4. The molecule has 0 N–H and O–H groups in total. The Labute approximate surface area is 168 Å². The van der Waals surface area contributed by atoms with E-state index in [1.54, 1.807) is 0 Å². The van der Waals surface area contributed by atoms with Crippen molar-refractivity contribution in [3.8, 4) is 6.07 Å². The van der Waals surface area contributed by atoms with Crippen molar-refractivity contribution in [1.29, 1.82) is 5.26 Å². The molecule has 0 saturated carbocycles. The lowest BCUT2D eigenvalue weighted by Crippen LogP contribution is -2.52. The molecule has 2 aromatic rings. The van der Waals surface area contributed by atoms with Crippen LogP contribution in [0.15, 0.2) is 48.7 Å². The van der Waals surface area contributed by atoms with Crippen molar-refractivity contribution in [3.63, 3.8) is 0 Å². The van der Waals surface area contributed by atoms with Crippen LogP contribution in [-0.4, -0.2) is 65.0 Å². The summed E-state index contributed by atoms with van der Waals surface area (Å²) in [7, 11) is 0. The number of piperidine rings is 1. The second-order valence-electron chi connectivity index (χ2n) is 7.95. The molecule has 0 amide bonds. The number of piperazine rings is 1. The molecule has 146 valence electrons. The Morgan fingerprint density at radius 3 is 2.39 bits per heavy atom. The first kappa shape index (κ1) is 19.1. The molecule has 2 aliphatic rings. The fraction of sp³-hybridized carbons (Fsp3) is 0.478. The average Bonchev–Trinajstić information content (AvgIpc) is 2.76. The fourth-order valence-electron chi connectivity index (χ4n) is 4.45. The number of aromatic nitrogens is 1. The minimum atomic E-state index is 0.721. The van der Waals surface area contributed by atoms with Gasteiger partial charge in [0.05, 0.1) is 17.3 Å². The lowest BCUT2D eigenvalue weighted by Gasteiger charge is -2.42. The first-order chi connectivity index (χ1) is 13.8. The van der Waals surface area contributed by atoms with Gasteiger partial charge in [0.15, 0.2) is 0 Å². The highest BCUT2D eigenvalue weighted by Gasteiger charge is 2.27. The highest BCUT2D eigenvalue weighted by Crippen LogP contribution is 2.20. The van der Waals surface area contributed by atoms with E-state index in [9.17, 15) is 0 Å². The topological polar surface area (TPSA) is 46.4 Å². The fourth-order valence-corrected chi connectivity index (χ4v) is 4.45. The normalized spacial score (nSPS) is 20.1. The Kier molecular flexibility index (Phi) is 6.33. The maximum atomic E-state index is 9.07. The Morgan fingerprint density at radius 1 is 0.893 bits per heavy atom. The lowest BCUT2D eigenvalue weighted by atomic mass is 10.0. The smallest absolute Gasteiger partial charge is 0.0991 e. The standard InChI is InChI=1S/C23H29N5/c24-17-20-4-3-5-21(16-20)18-26-10-7-23(8-11-26)28-14-12-27(13-15-28)19-22-6-1-2-9-25-22/h1-6,9,16,23H,7-8,10-15,18-19H2. The maximum absolute atomic E-state index is 9.07. The summed E-state index contributed by atoms with van der Waals surface area (Å²) in [4.78, 5) is 12.2. The van der Waals surface area contributed by atoms with Crippen LogP contribution in [0, 0.1) is 11.3 Å². The van der Waals surface area contributed by atoms with Crippen LogP contribution in [0.1, 0.15) is 29.7 Å². The van der Waals surface area contributed by atoms with Gasteiger partial charge in [0.2, 0.25) is 0 Å². The number of pyridine rings is 1. The number of nitriles is 1.